The molecule has 0 bridgehead atoms. The summed E-state index contributed by atoms with van der Waals surface area (Å²) in [4.78, 5) is 20.5. The first kappa shape index (κ1) is 13.5. The highest BCUT2D eigenvalue weighted by Gasteiger charge is 2.49. The van der Waals surface area contributed by atoms with Gasteiger partial charge in [-0.05, 0) is 43.0 Å². The van der Waals surface area contributed by atoms with Crippen molar-refractivity contribution in [2.75, 3.05) is 5.32 Å². The van der Waals surface area contributed by atoms with E-state index in [1.54, 1.807) is 12.4 Å². The highest BCUT2D eigenvalue weighted by Crippen LogP contribution is 2.51. The van der Waals surface area contributed by atoms with Crippen LogP contribution in [-0.4, -0.2) is 15.8 Å². The molecule has 2 aromatic heterocycles. The van der Waals surface area contributed by atoms with Crippen LogP contribution in [0.1, 0.15) is 22.5 Å². The van der Waals surface area contributed by atoms with Crippen LogP contribution >= 0.6 is 0 Å². The standard InChI is InChI=1S/C20H17N3O/c24-20-15-10-13(15)11-16-17(20)19(22-14-4-2-1-3-5-14)18(23-16)12-6-8-21-9-7-12/h1-9,13,15,22-23H,10-11H2/t13-,15?/m0/s1. The Morgan fingerprint density at radius 3 is 2.67 bits per heavy atom. The summed E-state index contributed by atoms with van der Waals surface area (Å²) in [6.07, 6.45) is 5.57. The highest BCUT2D eigenvalue weighted by atomic mass is 16.1. The Morgan fingerprint density at radius 2 is 1.88 bits per heavy atom. The number of nitrogens with zero attached hydrogens (tertiary/aromatic N) is 1. The molecule has 2 aliphatic carbocycles. The normalized spacial score (nSPS) is 21.1. The van der Waals surface area contributed by atoms with Crippen LogP contribution in [0.15, 0.2) is 54.9 Å². The van der Waals surface area contributed by atoms with Crippen molar-refractivity contribution in [3.63, 3.8) is 0 Å². The molecular formula is C20H17N3O. The fourth-order valence-electron chi connectivity index (χ4n) is 3.74. The van der Waals surface area contributed by atoms with Gasteiger partial charge in [-0.25, -0.2) is 0 Å². The van der Waals surface area contributed by atoms with Gasteiger partial charge in [0.1, 0.15) is 0 Å². The third-order valence-electron chi connectivity index (χ3n) is 5.06. The molecule has 4 nitrogen and oxygen atoms in total. The van der Waals surface area contributed by atoms with E-state index in [0.717, 1.165) is 46.7 Å². The van der Waals surface area contributed by atoms with Gasteiger partial charge in [0.15, 0.2) is 5.78 Å². The number of anilines is 2. The molecule has 2 N–H and O–H groups in total. The van der Waals surface area contributed by atoms with Crippen molar-refractivity contribution >= 4 is 17.2 Å². The monoisotopic (exact) mass is 315 g/mol. The minimum absolute atomic E-state index is 0.231. The van der Waals surface area contributed by atoms with E-state index in [9.17, 15) is 4.79 Å². The number of nitrogens with one attached hydrogen (secondary N) is 2. The van der Waals surface area contributed by atoms with Gasteiger partial charge in [-0.1, -0.05) is 18.2 Å². The molecule has 1 unspecified atom stereocenters. The highest BCUT2D eigenvalue weighted by molar-refractivity contribution is 6.09. The molecule has 0 saturated heterocycles. The molecule has 5 rings (SSSR count). The summed E-state index contributed by atoms with van der Waals surface area (Å²) < 4.78 is 0. The van der Waals surface area contributed by atoms with E-state index in [1.165, 1.54) is 0 Å². The lowest BCUT2D eigenvalue weighted by Crippen LogP contribution is -2.14. The van der Waals surface area contributed by atoms with Gasteiger partial charge in [-0.2, -0.15) is 0 Å². The average Bonchev–Trinajstić information content (AvgIpc) is 3.32. The molecule has 4 heteroatoms. The van der Waals surface area contributed by atoms with Crippen LogP contribution < -0.4 is 5.32 Å². The van der Waals surface area contributed by atoms with E-state index < -0.39 is 0 Å². The first-order valence-electron chi connectivity index (χ1n) is 8.33. The Kier molecular flexibility index (Phi) is 2.86. The molecule has 0 radical (unpaired) electrons. The van der Waals surface area contributed by atoms with Crippen molar-refractivity contribution in [1.29, 1.82) is 0 Å². The molecule has 1 fully saturated rings. The number of hydrogen-bond donors (Lipinski definition) is 2. The van der Waals surface area contributed by atoms with Crippen LogP contribution in [-0.2, 0) is 6.42 Å². The number of fused-ring (bicyclic) bond motifs is 2. The van der Waals surface area contributed by atoms with Gasteiger partial charge in [0.05, 0.1) is 16.9 Å². The van der Waals surface area contributed by atoms with E-state index in [-0.39, 0.29) is 11.7 Å². The fraction of sp³-hybridized carbons (Fsp3) is 0.200. The topological polar surface area (TPSA) is 57.8 Å². The van der Waals surface area contributed by atoms with Crippen molar-refractivity contribution in [3.05, 3.63) is 66.1 Å². The molecule has 0 amide bonds. The van der Waals surface area contributed by atoms with E-state index >= 15 is 0 Å². The molecule has 118 valence electrons. The lowest BCUT2D eigenvalue weighted by atomic mass is 9.95. The number of hydrogen-bond acceptors (Lipinski definition) is 3. The van der Waals surface area contributed by atoms with Crippen LogP contribution in [0.2, 0.25) is 0 Å². The number of para-hydroxylation sites is 1. The summed E-state index contributed by atoms with van der Waals surface area (Å²) in [5.74, 6) is 1.06. The van der Waals surface area contributed by atoms with Crippen molar-refractivity contribution in [2.45, 2.75) is 12.8 Å². The van der Waals surface area contributed by atoms with Crippen molar-refractivity contribution in [3.8, 4) is 11.3 Å². The Balaban J connectivity index is 1.67. The Bertz CT molecular complexity index is 915. The van der Waals surface area contributed by atoms with Gasteiger partial charge in [-0.3, -0.25) is 9.78 Å². The van der Waals surface area contributed by atoms with Crippen LogP contribution in [0.4, 0.5) is 11.4 Å². The van der Waals surface area contributed by atoms with Crippen LogP contribution in [0, 0.1) is 11.8 Å². The number of rotatable bonds is 3. The maximum atomic E-state index is 12.8. The number of carbonyl (C=O) groups is 1. The second-order valence-corrected chi connectivity index (χ2v) is 6.63. The van der Waals surface area contributed by atoms with Gasteiger partial charge in [0.25, 0.3) is 0 Å². The van der Waals surface area contributed by atoms with E-state index in [1.807, 2.05) is 42.5 Å². The number of Topliss-reactive ketones (excluding diaryl/α,β-unsaturated/α-hetero) is 1. The summed E-state index contributed by atoms with van der Waals surface area (Å²) in [5, 5.41) is 3.48. The number of carbonyl (C=O) groups excluding carboxylic acids is 1. The third-order valence-corrected chi connectivity index (χ3v) is 5.06. The van der Waals surface area contributed by atoms with Crippen molar-refractivity contribution in [2.24, 2.45) is 11.8 Å². The second kappa shape index (κ2) is 5.06. The Morgan fingerprint density at radius 1 is 1.08 bits per heavy atom. The lowest BCUT2D eigenvalue weighted by molar-refractivity contribution is 0.0955. The van der Waals surface area contributed by atoms with Gasteiger partial charge in [0, 0.05) is 35.3 Å². The smallest absolute Gasteiger partial charge is 0.170 e. The maximum Gasteiger partial charge on any atom is 0.170 e. The molecule has 0 aliphatic heterocycles. The Hall–Kier alpha value is -2.88. The van der Waals surface area contributed by atoms with Gasteiger partial charge < -0.3 is 10.3 Å². The predicted octanol–water partition coefficient (Wildman–Crippen LogP) is 4.20. The van der Waals surface area contributed by atoms with Crippen molar-refractivity contribution in [1.82, 2.24) is 9.97 Å². The van der Waals surface area contributed by atoms with Gasteiger partial charge in [0.2, 0.25) is 0 Å². The van der Waals surface area contributed by atoms with Gasteiger partial charge >= 0.3 is 0 Å². The molecule has 3 aromatic rings. The second-order valence-electron chi connectivity index (χ2n) is 6.63. The maximum absolute atomic E-state index is 12.8. The first-order valence-corrected chi connectivity index (χ1v) is 8.33. The number of pyridine rings is 1. The zero-order chi connectivity index (χ0) is 16.1. The summed E-state index contributed by atoms with van der Waals surface area (Å²) in [6, 6.07) is 13.9. The van der Waals surface area contributed by atoms with E-state index in [4.69, 9.17) is 0 Å². The Labute approximate surface area is 139 Å². The third kappa shape index (κ3) is 2.07. The van der Waals surface area contributed by atoms with E-state index in [0.29, 0.717) is 5.92 Å². The first-order chi connectivity index (χ1) is 11.8. The molecule has 0 spiro atoms. The minimum atomic E-state index is 0.231. The summed E-state index contributed by atoms with van der Waals surface area (Å²) in [5.41, 5.74) is 5.83. The average molecular weight is 315 g/mol. The zero-order valence-corrected chi connectivity index (χ0v) is 13.1. The van der Waals surface area contributed by atoms with Gasteiger partial charge in [-0.15, -0.1) is 0 Å². The number of aromatic nitrogens is 2. The molecule has 2 heterocycles. The van der Waals surface area contributed by atoms with Crippen molar-refractivity contribution < 1.29 is 4.79 Å². The minimum Gasteiger partial charge on any atom is -0.356 e. The molecular weight excluding hydrogens is 298 g/mol. The summed E-state index contributed by atoms with van der Waals surface area (Å²) in [7, 11) is 0. The lowest BCUT2D eigenvalue weighted by Gasteiger charge is -2.13. The molecule has 24 heavy (non-hydrogen) atoms. The SMILES string of the molecule is O=C1c2c([nH]c(-c3ccncc3)c2Nc2ccccc2)C[C@@H]2CC12. The molecule has 2 atom stereocenters. The van der Waals surface area contributed by atoms with Crippen LogP contribution in [0.5, 0.6) is 0 Å². The number of benzene rings is 1. The number of ketones is 1. The molecule has 1 saturated carbocycles. The number of H-pyrrole nitrogens is 1. The summed E-state index contributed by atoms with van der Waals surface area (Å²) >= 11 is 0. The number of aromatic amines is 1. The largest absolute Gasteiger partial charge is 0.356 e. The predicted molar refractivity (Wildman–Crippen MR) is 93.4 cm³/mol. The summed E-state index contributed by atoms with van der Waals surface area (Å²) in [6.45, 7) is 0. The van der Waals surface area contributed by atoms with Crippen LogP contribution in [0.25, 0.3) is 11.3 Å². The molecule has 1 aromatic carbocycles. The van der Waals surface area contributed by atoms with Crippen LogP contribution in [0.3, 0.4) is 0 Å². The quantitative estimate of drug-likeness (QED) is 0.762. The molecule has 2 aliphatic rings. The fourth-order valence-corrected chi connectivity index (χ4v) is 3.74. The zero-order valence-electron chi connectivity index (χ0n) is 13.1. The van der Waals surface area contributed by atoms with E-state index in [2.05, 4.69) is 15.3 Å².